The van der Waals surface area contributed by atoms with E-state index in [1.54, 1.807) is 0 Å². The van der Waals surface area contributed by atoms with Crippen molar-refractivity contribution in [1.29, 1.82) is 0 Å². The normalized spacial score (nSPS) is 17.1. The molecule has 15 heteroatoms. The van der Waals surface area contributed by atoms with Crippen LogP contribution in [0.2, 0.25) is 0 Å². The third-order valence-electron chi connectivity index (χ3n) is 7.19. The Balaban J connectivity index is 1.32. The summed E-state index contributed by atoms with van der Waals surface area (Å²) in [5.41, 5.74) is -3.51. The number of ether oxygens (including phenoxy) is 4. The molecule has 0 aliphatic carbocycles. The Hall–Kier alpha value is -4.63. The van der Waals surface area contributed by atoms with Gasteiger partial charge in [-0.15, -0.1) is 13.2 Å². The predicted molar refractivity (Wildman–Crippen MR) is 152 cm³/mol. The maximum atomic E-state index is 15.0. The van der Waals surface area contributed by atoms with Crippen LogP contribution >= 0.6 is 0 Å². The minimum atomic E-state index is -5.40. The fourth-order valence-corrected chi connectivity index (χ4v) is 5.00. The van der Waals surface area contributed by atoms with E-state index in [2.05, 4.69) is 9.47 Å². The molecule has 0 radical (unpaired) electrons. The van der Waals surface area contributed by atoms with Crippen molar-refractivity contribution in [3.05, 3.63) is 119 Å². The van der Waals surface area contributed by atoms with Crippen molar-refractivity contribution < 1.29 is 67.2 Å². The number of allylic oxidation sites excluding steroid dienone is 1. The van der Waals surface area contributed by atoms with E-state index in [9.17, 15) is 35.1 Å². The standard InChI is InChI=1S/C34H23F11O4/c1-2-3-4-17-15-46-32(47-16-17)20-12-26(37)30(27(38)13-20)33(41,42)48-21-6-8-22(25(36)14-21)18-5-7-23(24(35)9-18)19-10-28(39)31(29(40)11-19)49-34(43,44)45/h3-14,17,32H,2,15-16H2,1H3. The summed E-state index contributed by atoms with van der Waals surface area (Å²) >= 11 is 0. The highest BCUT2D eigenvalue weighted by Crippen LogP contribution is 2.39. The Morgan fingerprint density at radius 2 is 1.22 bits per heavy atom. The van der Waals surface area contributed by atoms with Gasteiger partial charge in [-0.05, 0) is 60.0 Å². The predicted octanol–water partition coefficient (Wildman–Crippen LogP) is 10.5. The molecule has 4 aromatic rings. The molecular weight excluding hydrogens is 681 g/mol. The van der Waals surface area contributed by atoms with Crippen molar-refractivity contribution in [2.75, 3.05) is 13.2 Å². The van der Waals surface area contributed by atoms with Crippen LogP contribution in [-0.2, 0) is 15.6 Å². The van der Waals surface area contributed by atoms with Crippen molar-refractivity contribution in [3.8, 4) is 33.8 Å². The Labute approximate surface area is 271 Å². The molecule has 0 N–H and O–H groups in total. The number of hydrogen-bond acceptors (Lipinski definition) is 4. The highest BCUT2D eigenvalue weighted by Gasteiger charge is 2.42. The van der Waals surface area contributed by atoms with Crippen LogP contribution in [0.4, 0.5) is 48.3 Å². The van der Waals surface area contributed by atoms with Gasteiger partial charge in [0, 0.05) is 28.7 Å². The molecule has 4 nitrogen and oxygen atoms in total. The Kier molecular flexibility index (Phi) is 10.2. The van der Waals surface area contributed by atoms with Gasteiger partial charge in [-0.25, -0.2) is 26.3 Å². The SMILES string of the molecule is CCC=CC1COC(c2cc(F)c(C(F)(F)Oc3ccc(-c4ccc(-c5cc(F)c(OC(F)(F)F)c(F)c5)c(F)c4)c(F)c3)c(F)c2)OC1. The lowest BCUT2D eigenvalue weighted by Crippen LogP contribution is -2.28. The molecule has 4 aromatic carbocycles. The van der Waals surface area contributed by atoms with Gasteiger partial charge in [0.2, 0.25) is 5.75 Å². The fraction of sp³-hybridized carbons (Fsp3) is 0.235. The second-order valence-corrected chi connectivity index (χ2v) is 10.7. The molecule has 5 rings (SSSR count). The first-order chi connectivity index (χ1) is 23.1. The third kappa shape index (κ3) is 8.16. The first-order valence-electron chi connectivity index (χ1n) is 14.4. The zero-order chi connectivity index (χ0) is 35.7. The first-order valence-corrected chi connectivity index (χ1v) is 14.4. The maximum Gasteiger partial charge on any atom is 0.573 e. The summed E-state index contributed by atoms with van der Waals surface area (Å²) in [7, 11) is 0. The fourth-order valence-electron chi connectivity index (χ4n) is 5.00. The van der Waals surface area contributed by atoms with Gasteiger partial charge >= 0.3 is 12.5 Å². The summed E-state index contributed by atoms with van der Waals surface area (Å²) in [6.45, 7) is 2.27. The van der Waals surface area contributed by atoms with Gasteiger partial charge in [0.15, 0.2) is 17.9 Å². The van der Waals surface area contributed by atoms with Crippen LogP contribution in [-0.4, -0.2) is 19.6 Å². The second-order valence-electron chi connectivity index (χ2n) is 10.7. The Morgan fingerprint density at radius 3 is 1.78 bits per heavy atom. The van der Waals surface area contributed by atoms with Crippen molar-refractivity contribution in [2.45, 2.75) is 32.1 Å². The van der Waals surface area contributed by atoms with E-state index in [1.165, 1.54) is 0 Å². The quantitative estimate of drug-likeness (QED) is 0.128. The molecule has 1 heterocycles. The monoisotopic (exact) mass is 704 g/mol. The van der Waals surface area contributed by atoms with Crippen LogP contribution in [0, 0.1) is 40.8 Å². The largest absolute Gasteiger partial charge is 0.573 e. The van der Waals surface area contributed by atoms with Gasteiger partial charge in [-0.3, -0.25) is 0 Å². The molecule has 1 fully saturated rings. The van der Waals surface area contributed by atoms with Gasteiger partial charge in [0.1, 0.15) is 34.6 Å². The number of rotatable bonds is 9. The molecule has 1 saturated heterocycles. The number of halogens is 11. The summed E-state index contributed by atoms with van der Waals surface area (Å²) in [4.78, 5) is 0. The summed E-state index contributed by atoms with van der Waals surface area (Å²) in [5, 5.41) is 0. The van der Waals surface area contributed by atoms with Crippen molar-refractivity contribution in [1.82, 2.24) is 0 Å². The average Bonchev–Trinajstić information content (AvgIpc) is 3.01. The zero-order valence-electron chi connectivity index (χ0n) is 25.0. The lowest BCUT2D eigenvalue weighted by Gasteiger charge is -2.28. The molecular formula is C34H23F11O4. The minimum absolute atomic E-state index is 0.0962. The lowest BCUT2D eigenvalue weighted by atomic mass is 9.99. The van der Waals surface area contributed by atoms with E-state index in [-0.39, 0.29) is 35.8 Å². The van der Waals surface area contributed by atoms with Crippen LogP contribution in [0.15, 0.2) is 72.8 Å². The highest BCUT2D eigenvalue weighted by atomic mass is 19.4. The molecule has 0 saturated carbocycles. The Morgan fingerprint density at radius 1 is 0.673 bits per heavy atom. The van der Waals surface area contributed by atoms with E-state index in [0.29, 0.717) is 36.4 Å². The van der Waals surface area contributed by atoms with Crippen LogP contribution in [0.25, 0.3) is 22.3 Å². The summed E-state index contributed by atoms with van der Waals surface area (Å²) in [6.07, 6.45) is -6.70. The summed E-state index contributed by atoms with van der Waals surface area (Å²) < 4.78 is 174. The topological polar surface area (TPSA) is 36.9 Å². The molecule has 49 heavy (non-hydrogen) atoms. The van der Waals surface area contributed by atoms with Crippen LogP contribution in [0.3, 0.4) is 0 Å². The molecule has 260 valence electrons. The number of hydrogen-bond donors (Lipinski definition) is 0. The summed E-state index contributed by atoms with van der Waals surface area (Å²) in [5.74, 6) is -12.0. The lowest BCUT2D eigenvalue weighted by molar-refractivity contribution is -0.276. The molecule has 0 amide bonds. The molecule has 0 unspecified atom stereocenters. The second kappa shape index (κ2) is 14.1. The van der Waals surface area contributed by atoms with Gasteiger partial charge in [-0.2, -0.15) is 8.78 Å². The molecule has 0 aromatic heterocycles. The average molecular weight is 705 g/mol. The van der Waals surface area contributed by atoms with Gasteiger partial charge in [0.05, 0.1) is 13.2 Å². The third-order valence-corrected chi connectivity index (χ3v) is 7.19. The van der Waals surface area contributed by atoms with Gasteiger partial charge in [0.25, 0.3) is 0 Å². The molecule has 0 atom stereocenters. The smallest absolute Gasteiger partial charge is 0.429 e. The van der Waals surface area contributed by atoms with Gasteiger partial charge in [-0.1, -0.05) is 31.2 Å². The number of alkyl halides is 5. The zero-order valence-corrected chi connectivity index (χ0v) is 25.0. The van der Waals surface area contributed by atoms with E-state index in [4.69, 9.17) is 9.47 Å². The van der Waals surface area contributed by atoms with E-state index in [1.807, 2.05) is 19.1 Å². The number of benzene rings is 4. The van der Waals surface area contributed by atoms with E-state index >= 15 is 13.2 Å². The summed E-state index contributed by atoms with van der Waals surface area (Å²) in [6, 6.07) is 6.92. The van der Waals surface area contributed by atoms with E-state index in [0.717, 1.165) is 30.7 Å². The van der Waals surface area contributed by atoms with Crippen molar-refractivity contribution >= 4 is 0 Å². The molecule has 0 bridgehead atoms. The maximum absolute atomic E-state index is 15.0. The van der Waals surface area contributed by atoms with Crippen LogP contribution in [0.5, 0.6) is 11.5 Å². The van der Waals surface area contributed by atoms with Gasteiger partial charge < -0.3 is 18.9 Å². The van der Waals surface area contributed by atoms with Crippen molar-refractivity contribution in [3.63, 3.8) is 0 Å². The van der Waals surface area contributed by atoms with E-state index < -0.39 is 81.9 Å². The molecule has 0 spiro atoms. The van der Waals surface area contributed by atoms with Crippen LogP contribution in [0.1, 0.15) is 30.8 Å². The minimum Gasteiger partial charge on any atom is -0.429 e. The van der Waals surface area contributed by atoms with Crippen LogP contribution < -0.4 is 9.47 Å². The molecule has 1 aliphatic rings. The Bertz CT molecular complexity index is 1820. The first kappa shape index (κ1) is 35.7. The van der Waals surface area contributed by atoms with Crippen molar-refractivity contribution in [2.24, 2.45) is 5.92 Å². The molecule has 1 aliphatic heterocycles. The highest BCUT2D eigenvalue weighted by molar-refractivity contribution is 5.72.